The second kappa shape index (κ2) is 9.18. The summed E-state index contributed by atoms with van der Waals surface area (Å²) in [4.78, 5) is 17.2. The maximum Gasteiger partial charge on any atom is 0.263 e. The molecule has 4 aromatic rings. The number of hydrogen-bond acceptors (Lipinski definition) is 9. The van der Waals surface area contributed by atoms with E-state index in [1.807, 2.05) is 26.0 Å². The molecular weight excluding hydrogens is 432 g/mol. The summed E-state index contributed by atoms with van der Waals surface area (Å²) in [6.07, 6.45) is 0. The number of aromatic nitrogens is 5. The number of methoxy groups -OCH3 is 2. The van der Waals surface area contributed by atoms with E-state index in [0.717, 1.165) is 10.7 Å². The minimum absolute atomic E-state index is 0.159. The number of aryl methyl sites for hydroxylation is 2. The van der Waals surface area contributed by atoms with Crippen LogP contribution in [0, 0.1) is 13.8 Å². The van der Waals surface area contributed by atoms with E-state index in [4.69, 9.17) is 14.2 Å². The van der Waals surface area contributed by atoms with E-state index in [2.05, 4.69) is 25.6 Å². The molecule has 1 amide bonds. The zero-order valence-corrected chi connectivity index (χ0v) is 18.9. The molecule has 0 aliphatic rings. The molecule has 0 saturated carbocycles. The summed E-state index contributed by atoms with van der Waals surface area (Å²) >= 11 is 1.37. The normalized spacial score (nSPS) is 10.9. The molecule has 4 rings (SSSR count). The van der Waals surface area contributed by atoms with Crippen molar-refractivity contribution in [2.75, 3.05) is 27.4 Å². The fourth-order valence-electron chi connectivity index (χ4n) is 3.14. The third-order valence-corrected chi connectivity index (χ3v) is 5.71. The quantitative estimate of drug-likeness (QED) is 0.405. The van der Waals surface area contributed by atoms with Crippen LogP contribution >= 0.6 is 11.3 Å². The Morgan fingerprint density at radius 3 is 2.69 bits per heavy atom. The monoisotopic (exact) mass is 454 g/mol. The van der Waals surface area contributed by atoms with E-state index in [1.54, 1.807) is 36.9 Å². The van der Waals surface area contributed by atoms with Crippen LogP contribution < -0.4 is 19.5 Å². The van der Waals surface area contributed by atoms with Crippen LogP contribution in [0.5, 0.6) is 17.4 Å². The fraction of sp³-hybridized carbons (Fsp3) is 0.286. The Labute approximate surface area is 188 Å². The van der Waals surface area contributed by atoms with Crippen molar-refractivity contribution < 1.29 is 19.0 Å². The number of nitrogens with zero attached hydrogens (tertiary/aromatic N) is 5. The summed E-state index contributed by atoms with van der Waals surface area (Å²) in [7, 11) is 3.17. The molecule has 11 heteroatoms. The first-order chi connectivity index (χ1) is 15.5. The summed E-state index contributed by atoms with van der Waals surface area (Å²) in [5.41, 5.74) is 2.01. The maximum atomic E-state index is 12.3. The molecule has 0 unspecified atom stereocenters. The molecule has 0 atom stereocenters. The minimum atomic E-state index is -0.159. The predicted molar refractivity (Wildman–Crippen MR) is 119 cm³/mol. The summed E-state index contributed by atoms with van der Waals surface area (Å²) in [6.45, 7) is 4.28. The number of hydrogen-bond donors (Lipinski definition) is 1. The highest BCUT2D eigenvalue weighted by atomic mass is 32.1. The third kappa shape index (κ3) is 4.33. The number of amides is 1. The van der Waals surface area contributed by atoms with Crippen molar-refractivity contribution in [2.45, 2.75) is 13.8 Å². The van der Waals surface area contributed by atoms with Crippen LogP contribution in [0.4, 0.5) is 0 Å². The average Bonchev–Trinajstić information content (AvgIpc) is 3.37. The van der Waals surface area contributed by atoms with E-state index in [9.17, 15) is 4.79 Å². The van der Waals surface area contributed by atoms with Crippen molar-refractivity contribution in [2.24, 2.45) is 0 Å². The zero-order valence-electron chi connectivity index (χ0n) is 18.1. The summed E-state index contributed by atoms with van der Waals surface area (Å²) in [5.74, 6) is 1.98. The standard InChI is InChI=1S/C21H22N6O4S/c1-12-19(32-13(2)23-12)21(28)22-9-10-31-18-8-7-17-24-25-20(27(17)26-18)15-6-5-14(29-3)11-16(15)30-4/h5-8,11H,9-10H2,1-4H3,(H,22,28). The fourth-order valence-corrected chi connectivity index (χ4v) is 3.98. The number of thiazole rings is 1. The average molecular weight is 455 g/mol. The Bertz CT molecular complexity index is 1270. The molecular formula is C21H22N6O4S. The highest BCUT2D eigenvalue weighted by Crippen LogP contribution is 2.32. The molecule has 0 bridgehead atoms. The second-order valence-corrected chi connectivity index (χ2v) is 7.99. The number of rotatable bonds is 8. The smallest absolute Gasteiger partial charge is 0.263 e. The summed E-state index contributed by atoms with van der Waals surface area (Å²) in [5, 5.41) is 16.6. The van der Waals surface area contributed by atoms with Gasteiger partial charge in [0.25, 0.3) is 5.91 Å². The van der Waals surface area contributed by atoms with Crippen LogP contribution in [0.3, 0.4) is 0 Å². The van der Waals surface area contributed by atoms with Crippen LogP contribution in [-0.4, -0.2) is 58.1 Å². The lowest BCUT2D eigenvalue weighted by molar-refractivity contribution is 0.0949. The van der Waals surface area contributed by atoms with E-state index < -0.39 is 0 Å². The highest BCUT2D eigenvalue weighted by molar-refractivity contribution is 7.13. The van der Waals surface area contributed by atoms with Crippen molar-refractivity contribution in [3.05, 3.63) is 45.9 Å². The van der Waals surface area contributed by atoms with Crippen molar-refractivity contribution in [3.8, 4) is 28.8 Å². The molecule has 32 heavy (non-hydrogen) atoms. The molecule has 0 radical (unpaired) electrons. The van der Waals surface area contributed by atoms with Crippen molar-refractivity contribution in [1.82, 2.24) is 30.1 Å². The van der Waals surface area contributed by atoms with Gasteiger partial charge in [-0.3, -0.25) is 4.79 Å². The van der Waals surface area contributed by atoms with Gasteiger partial charge in [-0.1, -0.05) is 0 Å². The Hall–Kier alpha value is -3.73. The van der Waals surface area contributed by atoms with Crippen LogP contribution in [0.2, 0.25) is 0 Å². The summed E-state index contributed by atoms with van der Waals surface area (Å²) < 4.78 is 18.0. The largest absolute Gasteiger partial charge is 0.497 e. The molecule has 3 aromatic heterocycles. The molecule has 0 aliphatic heterocycles. The number of carbonyl (C=O) groups is 1. The third-order valence-electron chi connectivity index (χ3n) is 4.64. The van der Waals surface area contributed by atoms with Gasteiger partial charge in [-0.05, 0) is 32.0 Å². The van der Waals surface area contributed by atoms with E-state index in [0.29, 0.717) is 45.8 Å². The molecule has 1 aromatic carbocycles. The van der Waals surface area contributed by atoms with Gasteiger partial charge in [0.05, 0.1) is 37.0 Å². The molecule has 0 saturated heterocycles. The van der Waals surface area contributed by atoms with Crippen molar-refractivity contribution >= 4 is 22.9 Å². The lowest BCUT2D eigenvalue weighted by Gasteiger charge is -2.10. The van der Waals surface area contributed by atoms with Gasteiger partial charge in [0.2, 0.25) is 5.88 Å². The van der Waals surface area contributed by atoms with E-state index in [1.165, 1.54) is 11.3 Å². The zero-order chi connectivity index (χ0) is 22.7. The van der Waals surface area contributed by atoms with Gasteiger partial charge in [0.15, 0.2) is 11.5 Å². The molecule has 0 spiro atoms. The van der Waals surface area contributed by atoms with Crippen LogP contribution in [0.15, 0.2) is 30.3 Å². The SMILES string of the molecule is COc1ccc(-c2nnc3ccc(OCCNC(=O)c4sc(C)nc4C)nn23)c(OC)c1. The topological polar surface area (TPSA) is 113 Å². The summed E-state index contributed by atoms with van der Waals surface area (Å²) in [6, 6.07) is 8.89. The van der Waals surface area contributed by atoms with E-state index in [-0.39, 0.29) is 12.5 Å². The van der Waals surface area contributed by atoms with Crippen LogP contribution in [0.25, 0.3) is 17.0 Å². The first-order valence-corrected chi connectivity index (χ1v) is 10.6. The molecule has 0 aliphatic carbocycles. The second-order valence-electron chi connectivity index (χ2n) is 6.78. The highest BCUT2D eigenvalue weighted by Gasteiger charge is 2.16. The van der Waals surface area contributed by atoms with Crippen molar-refractivity contribution in [1.29, 1.82) is 0 Å². The van der Waals surface area contributed by atoms with Gasteiger partial charge in [0, 0.05) is 12.1 Å². The Balaban J connectivity index is 1.46. The number of carbonyl (C=O) groups excluding carboxylic acids is 1. The molecule has 1 N–H and O–H groups in total. The van der Waals surface area contributed by atoms with Crippen LogP contribution in [-0.2, 0) is 0 Å². The lowest BCUT2D eigenvalue weighted by atomic mass is 10.2. The minimum Gasteiger partial charge on any atom is -0.497 e. The molecule has 0 fully saturated rings. The van der Waals surface area contributed by atoms with Crippen LogP contribution in [0.1, 0.15) is 20.4 Å². The number of benzene rings is 1. The first-order valence-electron chi connectivity index (χ1n) is 9.80. The lowest BCUT2D eigenvalue weighted by Crippen LogP contribution is -2.28. The van der Waals surface area contributed by atoms with Gasteiger partial charge in [-0.25, -0.2) is 4.98 Å². The maximum absolute atomic E-state index is 12.3. The predicted octanol–water partition coefficient (Wildman–Crippen LogP) is 2.69. The molecule has 3 heterocycles. The Morgan fingerprint density at radius 2 is 1.97 bits per heavy atom. The van der Waals surface area contributed by atoms with Gasteiger partial charge in [-0.15, -0.1) is 26.6 Å². The molecule has 166 valence electrons. The Morgan fingerprint density at radius 1 is 1.12 bits per heavy atom. The Kier molecular flexibility index (Phi) is 6.17. The first kappa shape index (κ1) is 21.5. The number of nitrogens with one attached hydrogen (secondary N) is 1. The van der Waals surface area contributed by atoms with Gasteiger partial charge in [0.1, 0.15) is 23.0 Å². The molecule has 10 nitrogen and oxygen atoms in total. The van der Waals surface area contributed by atoms with Gasteiger partial charge < -0.3 is 19.5 Å². The van der Waals surface area contributed by atoms with Gasteiger partial charge in [-0.2, -0.15) is 4.52 Å². The van der Waals surface area contributed by atoms with Crippen molar-refractivity contribution in [3.63, 3.8) is 0 Å². The number of fused-ring (bicyclic) bond motifs is 1. The van der Waals surface area contributed by atoms with Gasteiger partial charge >= 0.3 is 0 Å². The number of ether oxygens (including phenoxy) is 3. The van der Waals surface area contributed by atoms with E-state index >= 15 is 0 Å².